The second kappa shape index (κ2) is 4.49. The number of aromatic nitrogens is 2. The van der Waals surface area contributed by atoms with E-state index >= 15 is 0 Å². The van der Waals surface area contributed by atoms with Gasteiger partial charge in [-0.1, -0.05) is 0 Å². The highest BCUT2D eigenvalue weighted by Gasteiger charge is 2.25. The lowest BCUT2D eigenvalue weighted by molar-refractivity contribution is 0.120. The van der Waals surface area contributed by atoms with Crippen LogP contribution in [-0.4, -0.2) is 28.8 Å². The molecule has 0 bridgehead atoms. The van der Waals surface area contributed by atoms with Crippen molar-refractivity contribution < 1.29 is 4.74 Å². The standard InChI is InChI=1S/C12H17N3O2/c16-12-11(14-8-10-2-1-7-17-10)13-5-6-15(12)9-3-4-9/h5-6,9-10H,1-4,7-8H2,(H,13,14). The van der Waals surface area contributed by atoms with Crippen LogP contribution in [0.2, 0.25) is 0 Å². The van der Waals surface area contributed by atoms with E-state index in [4.69, 9.17) is 4.74 Å². The van der Waals surface area contributed by atoms with E-state index in [1.165, 1.54) is 0 Å². The van der Waals surface area contributed by atoms with E-state index in [1.807, 2.05) is 0 Å². The predicted octanol–water partition coefficient (Wildman–Crippen LogP) is 1.17. The summed E-state index contributed by atoms with van der Waals surface area (Å²) in [6.45, 7) is 1.51. The summed E-state index contributed by atoms with van der Waals surface area (Å²) in [5, 5.41) is 3.11. The fourth-order valence-electron chi connectivity index (χ4n) is 2.20. The molecule has 3 rings (SSSR count). The van der Waals surface area contributed by atoms with Gasteiger partial charge >= 0.3 is 0 Å². The van der Waals surface area contributed by atoms with Crippen molar-refractivity contribution in [2.45, 2.75) is 37.8 Å². The number of nitrogens with zero attached hydrogens (tertiary/aromatic N) is 2. The normalized spacial score (nSPS) is 23.9. The van der Waals surface area contributed by atoms with E-state index in [0.29, 0.717) is 18.4 Å². The summed E-state index contributed by atoms with van der Waals surface area (Å²) in [5.74, 6) is 0.454. The van der Waals surface area contributed by atoms with Gasteiger partial charge in [0, 0.05) is 31.6 Å². The number of ether oxygens (including phenoxy) is 1. The van der Waals surface area contributed by atoms with E-state index in [9.17, 15) is 4.79 Å². The average Bonchev–Trinajstić information content (AvgIpc) is 3.04. The predicted molar refractivity (Wildman–Crippen MR) is 64.2 cm³/mol. The monoisotopic (exact) mass is 235 g/mol. The van der Waals surface area contributed by atoms with Crippen LogP contribution in [-0.2, 0) is 4.74 Å². The van der Waals surface area contributed by atoms with Crippen molar-refractivity contribution in [1.29, 1.82) is 0 Å². The number of hydrogen-bond acceptors (Lipinski definition) is 4. The Balaban J connectivity index is 1.69. The van der Waals surface area contributed by atoms with Gasteiger partial charge in [0.15, 0.2) is 5.82 Å². The molecule has 2 heterocycles. The second-order valence-electron chi connectivity index (χ2n) is 4.74. The molecule has 92 valence electrons. The van der Waals surface area contributed by atoms with Gasteiger partial charge in [-0.3, -0.25) is 4.79 Å². The molecule has 2 fully saturated rings. The highest BCUT2D eigenvalue weighted by atomic mass is 16.5. The summed E-state index contributed by atoms with van der Waals surface area (Å²) in [6.07, 6.45) is 8.09. The summed E-state index contributed by atoms with van der Waals surface area (Å²) in [6, 6.07) is 0.397. The summed E-state index contributed by atoms with van der Waals surface area (Å²) < 4.78 is 7.29. The Morgan fingerprint density at radius 3 is 3.06 bits per heavy atom. The summed E-state index contributed by atoms with van der Waals surface area (Å²) in [7, 11) is 0. The van der Waals surface area contributed by atoms with Crippen molar-refractivity contribution in [2.24, 2.45) is 0 Å². The van der Waals surface area contributed by atoms with Crippen molar-refractivity contribution in [3.05, 3.63) is 22.7 Å². The smallest absolute Gasteiger partial charge is 0.293 e. The van der Waals surface area contributed by atoms with Gasteiger partial charge in [-0.05, 0) is 25.7 Å². The Morgan fingerprint density at radius 1 is 1.47 bits per heavy atom. The first-order valence-corrected chi connectivity index (χ1v) is 6.27. The third-order valence-electron chi connectivity index (χ3n) is 3.33. The first-order chi connectivity index (χ1) is 8.34. The molecule has 0 spiro atoms. The van der Waals surface area contributed by atoms with Crippen molar-refractivity contribution in [3.8, 4) is 0 Å². The molecule has 1 saturated carbocycles. The molecule has 1 N–H and O–H groups in total. The number of anilines is 1. The maximum atomic E-state index is 12.1. The molecular formula is C12H17N3O2. The molecule has 1 aromatic rings. The van der Waals surface area contributed by atoms with Gasteiger partial charge in [0.2, 0.25) is 0 Å². The van der Waals surface area contributed by atoms with Gasteiger partial charge in [0.25, 0.3) is 5.56 Å². The lowest BCUT2D eigenvalue weighted by Crippen LogP contribution is -2.27. The lowest BCUT2D eigenvalue weighted by Gasteiger charge is -2.11. The SMILES string of the molecule is O=c1c(NCC2CCCO2)nccn1C1CC1. The zero-order valence-electron chi connectivity index (χ0n) is 9.76. The van der Waals surface area contributed by atoms with Crippen molar-refractivity contribution in [3.63, 3.8) is 0 Å². The first-order valence-electron chi connectivity index (χ1n) is 6.27. The Hall–Kier alpha value is -1.36. The van der Waals surface area contributed by atoms with E-state index in [1.54, 1.807) is 17.0 Å². The minimum absolute atomic E-state index is 0.00648. The molecule has 0 radical (unpaired) electrons. The average molecular weight is 235 g/mol. The van der Waals surface area contributed by atoms with Crippen LogP contribution in [0.25, 0.3) is 0 Å². The molecule has 1 aromatic heterocycles. The maximum Gasteiger partial charge on any atom is 0.293 e. The van der Waals surface area contributed by atoms with Crippen molar-refractivity contribution in [1.82, 2.24) is 9.55 Å². The van der Waals surface area contributed by atoms with Gasteiger partial charge in [0.05, 0.1) is 6.10 Å². The Kier molecular flexibility index (Phi) is 2.84. The molecular weight excluding hydrogens is 218 g/mol. The van der Waals surface area contributed by atoms with E-state index < -0.39 is 0 Å². The fourth-order valence-corrected chi connectivity index (χ4v) is 2.20. The van der Waals surface area contributed by atoms with Crippen LogP contribution in [0, 0.1) is 0 Å². The van der Waals surface area contributed by atoms with Gasteiger partial charge in [0.1, 0.15) is 0 Å². The first kappa shape index (κ1) is 10.8. The Labute approximate surface area is 99.8 Å². The van der Waals surface area contributed by atoms with Crippen molar-refractivity contribution in [2.75, 3.05) is 18.5 Å². The second-order valence-corrected chi connectivity index (χ2v) is 4.74. The van der Waals surface area contributed by atoms with Gasteiger partial charge in [-0.2, -0.15) is 0 Å². The number of rotatable bonds is 4. The summed E-state index contributed by atoms with van der Waals surface area (Å²) in [5.41, 5.74) is -0.00648. The third kappa shape index (κ3) is 2.34. The van der Waals surface area contributed by atoms with Crippen LogP contribution in [0.1, 0.15) is 31.7 Å². The third-order valence-corrected chi connectivity index (χ3v) is 3.33. The highest BCUT2D eigenvalue weighted by Crippen LogP contribution is 2.33. The highest BCUT2D eigenvalue weighted by molar-refractivity contribution is 5.31. The molecule has 1 aliphatic heterocycles. The molecule has 17 heavy (non-hydrogen) atoms. The quantitative estimate of drug-likeness (QED) is 0.851. The zero-order chi connectivity index (χ0) is 11.7. The summed E-state index contributed by atoms with van der Waals surface area (Å²) >= 11 is 0. The molecule has 2 aliphatic rings. The van der Waals surface area contributed by atoms with Gasteiger partial charge < -0.3 is 14.6 Å². The van der Waals surface area contributed by atoms with Crippen LogP contribution in [0.4, 0.5) is 5.82 Å². The fraction of sp³-hybridized carbons (Fsp3) is 0.667. The van der Waals surface area contributed by atoms with Crippen LogP contribution < -0.4 is 10.9 Å². The van der Waals surface area contributed by atoms with Crippen LogP contribution in [0.3, 0.4) is 0 Å². The molecule has 1 unspecified atom stereocenters. The molecule has 1 aliphatic carbocycles. The zero-order valence-corrected chi connectivity index (χ0v) is 9.76. The Bertz CT molecular complexity index is 447. The number of nitrogens with one attached hydrogen (secondary N) is 1. The van der Waals surface area contributed by atoms with Gasteiger partial charge in [-0.15, -0.1) is 0 Å². The largest absolute Gasteiger partial charge is 0.376 e. The minimum atomic E-state index is -0.00648. The molecule has 1 atom stereocenters. The Morgan fingerprint density at radius 2 is 2.35 bits per heavy atom. The molecule has 0 aromatic carbocycles. The molecule has 1 saturated heterocycles. The maximum absolute atomic E-state index is 12.1. The molecule has 5 nitrogen and oxygen atoms in total. The van der Waals surface area contributed by atoms with E-state index in [2.05, 4.69) is 10.3 Å². The lowest BCUT2D eigenvalue weighted by atomic mass is 10.2. The van der Waals surface area contributed by atoms with Crippen molar-refractivity contribution >= 4 is 5.82 Å². The topological polar surface area (TPSA) is 56.1 Å². The van der Waals surface area contributed by atoms with E-state index in [-0.39, 0.29) is 11.7 Å². The van der Waals surface area contributed by atoms with Gasteiger partial charge in [-0.25, -0.2) is 4.98 Å². The summed E-state index contributed by atoms with van der Waals surface area (Å²) in [4.78, 5) is 16.2. The van der Waals surface area contributed by atoms with E-state index in [0.717, 1.165) is 32.3 Å². The van der Waals surface area contributed by atoms with Crippen LogP contribution in [0.5, 0.6) is 0 Å². The number of hydrogen-bond donors (Lipinski definition) is 1. The minimum Gasteiger partial charge on any atom is -0.376 e. The molecule has 5 heteroatoms. The van der Waals surface area contributed by atoms with Crippen LogP contribution in [0.15, 0.2) is 17.2 Å². The van der Waals surface area contributed by atoms with Crippen LogP contribution >= 0.6 is 0 Å². The molecule has 0 amide bonds.